The summed E-state index contributed by atoms with van der Waals surface area (Å²) < 4.78 is 0. The van der Waals surface area contributed by atoms with Crippen molar-refractivity contribution in [2.75, 3.05) is 0 Å². The van der Waals surface area contributed by atoms with E-state index >= 15 is 0 Å². The Morgan fingerprint density at radius 1 is 0.769 bits per heavy atom. The molecule has 1 atom stereocenters. The van der Waals surface area contributed by atoms with E-state index in [4.69, 9.17) is 10.2 Å². The van der Waals surface area contributed by atoms with Gasteiger partial charge in [0.2, 0.25) is 5.91 Å². The minimum atomic E-state index is -1.13. The topological polar surface area (TPSA) is 121 Å². The molecule has 0 unspecified atom stereocenters. The van der Waals surface area contributed by atoms with Crippen molar-refractivity contribution in [2.45, 2.75) is 95.9 Å². The molecule has 0 aliphatic carbocycles. The van der Waals surface area contributed by atoms with Gasteiger partial charge >= 0.3 is 11.9 Å². The summed E-state index contributed by atoms with van der Waals surface area (Å²) >= 11 is 0. The van der Waals surface area contributed by atoms with Crippen molar-refractivity contribution in [1.29, 1.82) is 0 Å². The minimum absolute atomic E-state index is 0.00317. The van der Waals surface area contributed by atoms with Gasteiger partial charge in [-0.15, -0.1) is 0 Å². The molecule has 0 fully saturated rings. The van der Waals surface area contributed by atoms with Crippen LogP contribution in [0.1, 0.15) is 89.9 Å². The minimum Gasteiger partial charge on any atom is -0.481 e. The summed E-state index contributed by atoms with van der Waals surface area (Å²) in [6, 6.07) is -1.01. The number of carboxylic acid groups (broad SMARTS) is 2. The number of unbranched alkanes of at least 4 members (excludes halogenated alkanes) is 9. The summed E-state index contributed by atoms with van der Waals surface area (Å²) in [6.07, 6.45) is 12.3. The number of rotatable bonds is 18. The van der Waals surface area contributed by atoms with Crippen molar-refractivity contribution in [1.82, 2.24) is 5.32 Å². The molecule has 0 rings (SSSR count). The Morgan fingerprint density at radius 3 is 1.65 bits per heavy atom. The van der Waals surface area contributed by atoms with E-state index in [0.29, 0.717) is 6.42 Å². The predicted molar refractivity (Wildman–Crippen MR) is 97.5 cm³/mol. The molecule has 0 aromatic carbocycles. The smallest absolute Gasteiger partial charge is 0.326 e. The molecule has 1 radical (unpaired) electrons. The Bertz CT molecular complexity index is 424. The summed E-state index contributed by atoms with van der Waals surface area (Å²) in [6.45, 7) is 0. The van der Waals surface area contributed by atoms with E-state index < -0.39 is 18.0 Å². The van der Waals surface area contributed by atoms with E-state index in [9.17, 15) is 19.2 Å². The average molecular weight is 370 g/mol. The normalized spacial score (nSPS) is 11.7. The molecule has 0 saturated carbocycles. The first-order chi connectivity index (χ1) is 12.5. The van der Waals surface area contributed by atoms with E-state index in [2.05, 4.69) is 5.32 Å². The van der Waals surface area contributed by atoms with Crippen LogP contribution in [-0.2, 0) is 19.2 Å². The number of carbonyl (C=O) groups is 3. The van der Waals surface area contributed by atoms with E-state index in [1.54, 1.807) is 6.29 Å². The fourth-order valence-corrected chi connectivity index (χ4v) is 2.70. The fourth-order valence-electron chi connectivity index (χ4n) is 2.70. The van der Waals surface area contributed by atoms with E-state index in [0.717, 1.165) is 64.2 Å². The fraction of sp³-hybridized carbons (Fsp3) is 0.789. The van der Waals surface area contributed by atoms with Crippen molar-refractivity contribution < 1.29 is 29.4 Å². The number of amides is 1. The first-order valence-corrected chi connectivity index (χ1v) is 9.56. The molecule has 0 aromatic rings. The average Bonchev–Trinajstić information content (AvgIpc) is 2.59. The SMILES string of the molecule is O=[C]CC[C@H](NC(=O)CCCCCCCCCCCCC(=O)O)C(=O)O. The van der Waals surface area contributed by atoms with E-state index in [1.165, 1.54) is 0 Å². The number of carbonyl (C=O) groups excluding carboxylic acids is 2. The van der Waals surface area contributed by atoms with Crippen molar-refractivity contribution in [3.63, 3.8) is 0 Å². The summed E-state index contributed by atoms with van der Waals surface area (Å²) in [4.78, 5) is 43.2. The first kappa shape index (κ1) is 24.1. The van der Waals surface area contributed by atoms with Crippen LogP contribution in [-0.4, -0.2) is 40.4 Å². The van der Waals surface area contributed by atoms with Crippen LogP contribution in [0.3, 0.4) is 0 Å². The van der Waals surface area contributed by atoms with Crippen LogP contribution in [0.25, 0.3) is 0 Å². The monoisotopic (exact) mass is 370 g/mol. The second-order valence-corrected chi connectivity index (χ2v) is 6.57. The largest absolute Gasteiger partial charge is 0.481 e. The Balaban J connectivity index is 3.48. The molecule has 3 N–H and O–H groups in total. The molecule has 0 aliphatic rings. The molecule has 26 heavy (non-hydrogen) atoms. The maximum Gasteiger partial charge on any atom is 0.326 e. The maximum atomic E-state index is 11.7. The summed E-state index contributed by atoms with van der Waals surface area (Å²) in [5.74, 6) is -2.14. The second kappa shape index (κ2) is 16.5. The van der Waals surface area contributed by atoms with Crippen LogP contribution in [0.15, 0.2) is 0 Å². The summed E-state index contributed by atoms with van der Waals surface area (Å²) in [5.41, 5.74) is 0. The van der Waals surface area contributed by atoms with Gasteiger partial charge in [-0.1, -0.05) is 51.4 Å². The molecule has 0 bridgehead atoms. The molecular weight excluding hydrogens is 338 g/mol. The highest BCUT2D eigenvalue weighted by Crippen LogP contribution is 2.12. The molecular formula is C19H32NO6. The van der Waals surface area contributed by atoms with Gasteiger partial charge in [0.25, 0.3) is 0 Å². The number of hydrogen-bond donors (Lipinski definition) is 3. The zero-order valence-corrected chi connectivity index (χ0v) is 15.5. The molecule has 0 saturated heterocycles. The lowest BCUT2D eigenvalue weighted by molar-refractivity contribution is -0.142. The molecule has 7 heteroatoms. The van der Waals surface area contributed by atoms with Crippen LogP contribution in [0.4, 0.5) is 0 Å². The lowest BCUT2D eigenvalue weighted by atomic mass is 10.0. The maximum absolute atomic E-state index is 11.7. The van der Waals surface area contributed by atoms with Gasteiger partial charge in [0, 0.05) is 19.3 Å². The van der Waals surface area contributed by atoms with Gasteiger partial charge in [-0.05, 0) is 19.3 Å². The Morgan fingerprint density at radius 2 is 1.23 bits per heavy atom. The lowest BCUT2D eigenvalue weighted by Crippen LogP contribution is -2.40. The highest BCUT2D eigenvalue weighted by molar-refractivity contribution is 5.83. The van der Waals surface area contributed by atoms with Gasteiger partial charge in [0.15, 0.2) is 6.29 Å². The van der Waals surface area contributed by atoms with Gasteiger partial charge in [0.1, 0.15) is 6.04 Å². The van der Waals surface area contributed by atoms with Crippen LogP contribution in [0.5, 0.6) is 0 Å². The first-order valence-electron chi connectivity index (χ1n) is 9.56. The molecule has 1 amide bonds. The predicted octanol–water partition coefficient (Wildman–Crippen LogP) is 3.21. The quantitative estimate of drug-likeness (QED) is 0.319. The van der Waals surface area contributed by atoms with E-state index in [-0.39, 0.29) is 25.2 Å². The van der Waals surface area contributed by atoms with Crippen molar-refractivity contribution in [2.24, 2.45) is 0 Å². The number of aliphatic carboxylic acids is 2. The van der Waals surface area contributed by atoms with Gasteiger partial charge in [-0.3, -0.25) is 14.4 Å². The Hall–Kier alpha value is -1.92. The van der Waals surface area contributed by atoms with Crippen molar-refractivity contribution in [3.8, 4) is 0 Å². The number of carboxylic acids is 2. The van der Waals surface area contributed by atoms with Gasteiger partial charge in [-0.25, -0.2) is 4.79 Å². The summed E-state index contributed by atoms with van der Waals surface area (Å²) in [7, 11) is 0. The van der Waals surface area contributed by atoms with Gasteiger partial charge in [0.05, 0.1) is 0 Å². The van der Waals surface area contributed by atoms with Crippen molar-refractivity contribution >= 4 is 24.1 Å². The third-order valence-corrected chi connectivity index (χ3v) is 4.21. The standard InChI is InChI=1S/C19H32NO6/c21-15-11-12-16(19(25)26)20-17(22)13-9-7-5-3-1-2-4-6-8-10-14-18(23)24/h16H,1-14H2,(H,20,22)(H,23,24)(H,25,26)/t16-/m0/s1. The van der Waals surface area contributed by atoms with E-state index in [1.807, 2.05) is 0 Å². The second-order valence-electron chi connectivity index (χ2n) is 6.57. The van der Waals surface area contributed by atoms with Crippen LogP contribution in [0.2, 0.25) is 0 Å². The number of hydrogen-bond acceptors (Lipinski definition) is 4. The third-order valence-electron chi connectivity index (χ3n) is 4.21. The van der Waals surface area contributed by atoms with Crippen LogP contribution >= 0.6 is 0 Å². The number of nitrogens with one attached hydrogen (secondary N) is 1. The molecule has 0 heterocycles. The Kier molecular flexibility index (Phi) is 15.3. The highest BCUT2D eigenvalue weighted by Gasteiger charge is 2.18. The Labute approximate surface area is 155 Å². The molecule has 0 aliphatic heterocycles. The lowest BCUT2D eigenvalue weighted by Gasteiger charge is -2.12. The van der Waals surface area contributed by atoms with Crippen LogP contribution < -0.4 is 5.32 Å². The molecule has 0 aromatic heterocycles. The van der Waals surface area contributed by atoms with Gasteiger partial charge in [-0.2, -0.15) is 0 Å². The molecule has 7 nitrogen and oxygen atoms in total. The summed E-state index contributed by atoms with van der Waals surface area (Å²) in [5, 5.41) is 19.9. The molecule has 0 spiro atoms. The van der Waals surface area contributed by atoms with Crippen molar-refractivity contribution in [3.05, 3.63) is 0 Å². The van der Waals surface area contributed by atoms with Crippen LogP contribution in [0, 0.1) is 0 Å². The third kappa shape index (κ3) is 15.6. The zero-order valence-electron chi connectivity index (χ0n) is 15.5. The van der Waals surface area contributed by atoms with Gasteiger partial charge < -0.3 is 15.5 Å². The highest BCUT2D eigenvalue weighted by atomic mass is 16.4. The zero-order chi connectivity index (χ0) is 19.6. The molecule has 149 valence electrons.